The molecule has 0 radical (unpaired) electrons. The number of aromatic nitrogens is 3. The zero-order chi connectivity index (χ0) is 23.6. The normalized spacial score (nSPS) is 15.0. The van der Waals surface area contributed by atoms with Gasteiger partial charge in [0.25, 0.3) is 5.91 Å². The third kappa shape index (κ3) is 4.77. The molecule has 1 aromatic carbocycles. The molecule has 0 bridgehead atoms. The second kappa shape index (κ2) is 9.34. The molecular formula is C22H21F3N4O3S. The first-order valence-electron chi connectivity index (χ1n) is 10.4. The molecular weight excluding hydrogens is 457 g/mol. The Hall–Kier alpha value is -3.21. The van der Waals surface area contributed by atoms with Crippen molar-refractivity contribution in [2.75, 3.05) is 19.7 Å². The average molecular weight is 478 g/mol. The number of rotatable bonds is 5. The second-order valence-electron chi connectivity index (χ2n) is 7.51. The Morgan fingerprint density at radius 2 is 1.88 bits per heavy atom. The van der Waals surface area contributed by atoms with E-state index in [-0.39, 0.29) is 37.0 Å². The highest BCUT2D eigenvalue weighted by Gasteiger charge is 2.42. The number of likely N-dealkylation sites (tertiary alicyclic amines) is 1. The van der Waals surface area contributed by atoms with Crippen molar-refractivity contribution in [1.82, 2.24) is 19.7 Å². The summed E-state index contributed by atoms with van der Waals surface area (Å²) in [5.74, 6) is -1.16. The lowest BCUT2D eigenvalue weighted by atomic mass is 9.97. The van der Waals surface area contributed by atoms with Crippen molar-refractivity contribution in [1.29, 1.82) is 0 Å². The van der Waals surface area contributed by atoms with Crippen LogP contribution in [0, 0.1) is 0 Å². The lowest BCUT2D eigenvalue weighted by Crippen LogP contribution is -2.38. The van der Waals surface area contributed by atoms with E-state index in [9.17, 15) is 22.8 Å². The first kappa shape index (κ1) is 23.0. The number of thiazole rings is 1. The summed E-state index contributed by atoms with van der Waals surface area (Å²) in [6, 6.07) is 7.90. The molecule has 1 aliphatic heterocycles. The number of esters is 1. The van der Waals surface area contributed by atoms with Crippen LogP contribution in [0.5, 0.6) is 0 Å². The van der Waals surface area contributed by atoms with Crippen molar-refractivity contribution in [3.63, 3.8) is 0 Å². The van der Waals surface area contributed by atoms with Crippen LogP contribution in [0.1, 0.15) is 57.2 Å². The maximum absolute atomic E-state index is 13.9. The number of hydrogen-bond acceptors (Lipinski definition) is 6. The number of alkyl halides is 3. The monoisotopic (exact) mass is 478 g/mol. The van der Waals surface area contributed by atoms with Crippen LogP contribution in [-0.4, -0.2) is 51.2 Å². The Kier molecular flexibility index (Phi) is 6.50. The molecule has 1 saturated heterocycles. The van der Waals surface area contributed by atoms with Gasteiger partial charge in [0.2, 0.25) is 0 Å². The lowest BCUT2D eigenvalue weighted by molar-refractivity contribution is -0.143. The van der Waals surface area contributed by atoms with Gasteiger partial charge in [-0.2, -0.15) is 18.3 Å². The van der Waals surface area contributed by atoms with E-state index in [2.05, 4.69) is 10.1 Å². The summed E-state index contributed by atoms with van der Waals surface area (Å²) >= 11 is 1.35. The number of hydrogen-bond donors (Lipinski definition) is 0. The molecule has 174 valence electrons. The molecule has 0 atom stereocenters. The first-order chi connectivity index (χ1) is 15.8. The molecule has 1 fully saturated rings. The quantitative estimate of drug-likeness (QED) is 0.503. The van der Waals surface area contributed by atoms with Crippen molar-refractivity contribution >= 4 is 23.2 Å². The van der Waals surface area contributed by atoms with Gasteiger partial charge in [-0.3, -0.25) is 4.79 Å². The van der Waals surface area contributed by atoms with Crippen LogP contribution in [0.15, 0.2) is 41.9 Å². The summed E-state index contributed by atoms with van der Waals surface area (Å²) in [4.78, 5) is 30.6. The summed E-state index contributed by atoms with van der Waals surface area (Å²) in [5, 5.41) is 6.26. The third-order valence-corrected chi connectivity index (χ3v) is 6.41. The van der Waals surface area contributed by atoms with Gasteiger partial charge in [-0.1, -0.05) is 18.2 Å². The van der Waals surface area contributed by atoms with Crippen molar-refractivity contribution in [3.8, 4) is 5.69 Å². The molecule has 1 amide bonds. The number of benzene rings is 1. The smallest absolute Gasteiger partial charge is 0.434 e. The van der Waals surface area contributed by atoms with E-state index in [1.54, 1.807) is 30.5 Å². The molecule has 4 rings (SSSR count). The topological polar surface area (TPSA) is 77.3 Å². The highest BCUT2D eigenvalue weighted by atomic mass is 32.1. The zero-order valence-corrected chi connectivity index (χ0v) is 18.5. The van der Waals surface area contributed by atoms with Gasteiger partial charge in [-0.15, -0.1) is 11.3 Å². The largest absolute Gasteiger partial charge is 0.461 e. The van der Waals surface area contributed by atoms with E-state index in [0.717, 1.165) is 15.9 Å². The van der Waals surface area contributed by atoms with Crippen molar-refractivity contribution in [2.24, 2.45) is 0 Å². The van der Waals surface area contributed by atoms with Gasteiger partial charge in [0, 0.05) is 24.4 Å². The Bertz CT molecular complexity index is 1140. The van der Waals surface area contributed by atoms with Crippen LogP contribution in [0.4, 0.5) is 13.2 Å². The lowest BCUT2D eigenvalue weighted by Gasteiger charge is -2.31. The zero-order valence-electron chi connectivity index (χ0n) is 17.7. The molecule has 7 nitrogen and oxygen atoms in total. The number of para-hydroxylation sites is 1. The predicted molar refractivity (Wildman–Crippen MR) is 115 cm³/mol. The standard InChI is InChI=1S/C22H21F3N4O3S/c1-2-32-21(31)17-13-33-19(27-17)14-8-10-28(11-9-14)20(30)16-12-26-29(18(16)22(23,24)25)15-6-4-3-5-7-15/h3-7,12-14H,2,8-11H2,1H3. The van der Waals surface area contributed by atoms with E-state index in [1.165, 1.54) is 28.4 Å². The van der Waals surface area contributed by atoms with E-state index >= 15 is 0 Å². The molecule has 0 N–H and O–H groups in total. The Morgan fingerprint density at radius 1 is 1.18 bits per heavy atom. The van der Waals surface area contributed by atoms with E-state index in [1.807, 2.05) is 0 Å². The molecule has 3 aromatic rings. The number of carbonyl (C=O) groups is 2. The van der Waals surface area contributed by atoms with E-state index in [0.29, 0.717) is 12.8 Å². The molecule has 0 saturated carbocycles. The van der Waals surface area contributed by atoms with E-state index < -0.39 is 29.3 Å². The number of amides is 1. The van der Waals surface area contributed by atoms with Gasteiger partial charge in [-0.05, 0) is 31.9 Å². The summed E-state index contributed by atoms with van der Waals surface area (Å²) in [5.41, 5.74) is -1.08. The van der Waals surface area contributed by atoms with Gasteiger partial charge >= 0.3 is 12.1 Å². The Balaban J connectivity index is 1.49. The van der Waals surface area contributed by atoms with Crippen molar-refractivity contribution in [3.05, 3.63) is 63.9 Å². The fourth-order valence-corrected chi connectivity index (χ4v) is 4.78. The molecule has 11 heteroatoms. The van der Waals surface area contributed by atoms with Gasteiger partial charge in [-0.25, -0.2) is 14.5 Å². The number of nitrogens with zero attached hydrogens (tertiary/aromatic N) is 4. The fraction of sp³-hybridized carbons (Fsp3) is 0.364. The number of carbonyl (C=O) groups excluding carboxylic acids is 2. The molecule has 3 heterocycles. The van der Waals surface area contributed by atoms with Crippen LogP contribution in [0.2, 0.25) is 0 Å². The van der Waals surface area contributed by atoms with Crippen LogP contribution >= 0.6 is 11.3 Å². The predicted octanol–water partition coefficient (Wildman–Crippen LogP) is 4.54. The minimum absolute atomic E-state index is 0.0244. The van der Waals surface area contributed by atoms with Gasteiger partial charge in [0.15, 0.2) is 11.4 Å². The minimum atomic E-state index is -4.75. The van der Waals surface area contributed by atoms with Crippen LogP contribution in [0.25, 0.3) is 5.69 Å². The van der Waals surface area contributed by atoms with Crippen LogP contribution in [0.3, 0.4) is 0 Å². The minimum Gasteiger partial charge on any atom is -0.461 e. The molecule has 0 aliphatic carbocycles. The molecule has 0 unspecified atom stereocenters. The molecule has 1 aliphatic rings. The number of ether oxygens (including phenoxy) is 1. The summed E-state index contributed by atoms with van der Waals surface area (Å²) < 4.78 is 47.4. The maximum atomic E-state index is 13.9. The molecule has 33 heavy (non-hydrogen) atoms. The maximum Gasteiger partial charge on any atom is 0.434 e. The van der Waals surface area contributed by atoms with Crippen LogP contribution in [-0.2, 0) is 10.9 Å². The highest BCUT2D eigenvalue weighted by molar-refractivity contribution is 7.09. The average Bonchev–Trinajstić information content (AvgIpc) is 3.47. The molecule has 0 spiro atoms. The van der Waals surface area contributed by atoms with Gasteiger partial charge in [0.05, 0.1) is 29.1 Å². The number of halogens is 3. The SMILES string of the molecule is CCOC(=O)c1csc(C2CCN(C(=O)c3cnn(-c4ccccc4)c3C(F)(F)F)CC2)n1. The van der Waals surface area contributed by atoms with Crippen LogP contribution < -0.4 is 0 Å². The van der Waals surface area contributed by atoms with Gasteiger partial charge < -0.3 is 9.64 Å². The summed E-state index contributed by atoms with van der Waals surface area (Å²) in [7, 11) is 0. The van der Waals surface area contributed by atoms with Crippen molar-refractivity contribution in [2.45, 2.75) is 31.9 Å². The Labute approximate surface area is 191 Å². The first-order valence-corrected chi connectivity index (χ1v) is 11.3. The molecule has 2 aromatic heterocycles. The fourth-order valence-electron chi connectivity index (χ4n) is 3.82. The second-order valence-corrected chi connectivity index (χ2v) is 8.40. The van der Waals surface area contributed by atoms with E-state index in [4.69, 9.17) is 4.74 Å². The van der Waals surface area contributed by atoms with Crippen molar-refractivity contribution < 1.29 is 27.5 Å². The van der Waals surface area contributed by atoms with Gasteiger partial charge in [0.1, 0.15) is 0 Å². The Morgan fingerprint density at radius 3 is 2.52 bits per heavy atom. The summed E-state index contributed by atoms with van der Waals surface area (Å²) in [6.07, 6.45) is -2.69. The highest BCUT2D eigenvalue weighted by Crippen LogP contribution is 2.36. The summed E-state index contributed by atoms with van der Waals surface area (Å²) in [6.45, 7) is 2.54. The third-order valence-electron chi connectivity index (χ3n) is 5.41. The number of piperidine rings is 1.